The molecule has 31 heavy (non-hydrogen) atoms. The molecular weight excluding hydrogens is 397 g/mol. The minimum atomic E-state index is -1.06. The molecule has 0 radical (unpaired) electrons. The van der Waals surface area contributed by atoms with E-state index >= 15 is 0 Å². The number of nitrogens with one attached hydrogen (secondary N) is 1. The molecule has 1 fully saturated rings. The molecule has 1 N–H and O–H groups in total. The van der Waals surface area contributed by atoms with Crippen molar-refractivity contribution in [1.29, 1.82) is 0 Å². The molecule has 1 heterocycles. The van der Waals surface area contributed by atoms with Crippen LogP contribution in [0.3, 0.4) is 0 Å². The first-order valence-electron chi connectivity index (χ1n) is 10.4. The number of halogens is 1. The van der Waals surface area contributed by atoms with Gasteiger partial charge >= 0.3 is 0 Å². The Morgan fingerprint density at radius 2 is 1.84 bits per heavy atom. The Bertz CT molecular complexity index is 1120. The number of para-hydroxylation sites is 1. The highest BCUT2D eigenvalue weighted by Crippen LogP contribution is 2.36. The highest BCUT2D eigenvalue weighted by molar-refractivity contribution is 5.90. The zero-order valence-electron chi connectivity index (χ0n) is 17.9. The molecule has 1 aliphatic rings. The van der Waals surface area contributed by atoms with E-state index in [1.54, 1.807) is 18.2 Å². The number of amides is 2. The van der Waals surface area contributed by atoms with Crippen molar-refractivity contribution in [3.05, 3.63) is 59.9 Å². The molecule has 1 aliphatic carbocycles. The number of fused-ring (bicyclic) bond motifs is 1. The van der Waals surface area contributed by atoms with Gasteiger partial charge in [-0.25, -0.2) is 9.07 Å². The van der Waals surface area contributed by atoms with Gasteiger partial charge in [0, 0.05) is 17.1 Å². The van der Waals surface area contributed by atoms with Crippen LogP contribution in [0.25, 0.3) is 11.0 Å². The maximum atomic E-state index is 14.8. The van der Waals surface area contributed by atoms with E-state index in [4.69, 9.17) is 0 Å². The van der Waals surface area contributed by atoms with Gasteiger partial charge in [-0.2, -0.15) is 0 Å². The highest BCUT2D eigenvalue weighted by Gasteiger charge is 2.43. The Labute approximate surface area is 180 Å². The first-order valence-corrected chi connectivity index (χ1v) is 10.4. The standard InChI is InChI=1S/C23H26FN5O2/c1-23(2,3)25-22(31)21(16-8-4-5-9-17(16)24)29(15-12-13-15)20(30)14-28-19-11-7-6-10-18(19)26-27-28/h4-11,15,21H,12-14H2,1-3H3,(H,25,31)/t21-/m0/s1. The molecule has 2 aromatic carbocycles. The Morgan fingerprint density at radius 3 is 2.52 bits per heavy atom. The minimum Gasteiger partial charge on any atom is -0.349 e. The van der Waals surface area contributed by atoms with Crippen LogP contribution in [0.1, 0.15) is 45.2 Å². The van der Waals surface area contributed by atoms with Gasteiger partial charge in [0.2, 0.25) is 11.8 Å². The normalized spacial score (nSPS) is 15.0. The smallest absolute Gasteiger partial charge is 0.247 e. The van der Waals surface area contributed by atoms with E-state index < -0.39 is 23.3 Å². The summed E-state index contributed by atoms with van der Waals surface area (Å²) in [6.45, 7) is 5.49. The van der Waals surface area contributed by atoms with Gasteiger partial charge in [-0.1, -0.05) is 35.5 Å². The third-order valence-electron chi connectivity index (χ3n) is 5.16. The molecular formula is C23H26FN5O2. The summed E-state index contributed by atoms with van der Waals surface area (Å²) in [4.78, 5) is 28.3. The predicted molar refractivity (Wildman–Crippen MR) is 114 cm³/mol. The molecule has 4 rings (SSSR count). The molecule has 0 spiro atoms. The number of carbonyl (C=O) groups is 2. The molecule has 0 aliphatic heterocycles. The molecule has 7 nitrogen and oxygen atoms in total. The van der Waals surface area contributed by atoms with Gasteiger partial charge in [-0.3, -0.25) is 9.59 Å². The van der Waals surface area contributed by atoms with Gasteiger partial charge in [0.05, 0.1) is 5.52 Å². The maximum absolute atomic E-state index is 14.8. The maximum Gasteiger partial charge on any atom is 0.247 e. The fraction of sp³-hybridized carbons (Fsp3) is 0.391. The Hall–Kier alpha value is -3.29. The zero-order valence-corrected chi connectivity index (χ0v) is 17.9. The molecule has 1 atom stereocenters. The average molecular weight is 423 g/mol. The third-order valence-corrected chi connectivity index (χ3v) is 5.16. The van der Waals surface area contributed by atoms with Gasteiger partial charge in [-0.15, -0.1) is 5.10 Å². The molecule has 0 saturated heterocycles. The molecule has 0 bridgehead atoms. The van der Waals surface area contributed by atoms with Crippen molar-refractivity contribution in [3.63, 3.8) is 0 Å². The molecule has 1 aromatic heterocycles. The first-order chi connectivity index (χ1) is 14.7. The lowest BCUT2D eigenvalue weighted by Crippen LogP contribution is -2.50. The SMILES string of the molecule is CC(C)(C)NC(=O)[C@H](c1ccccc1F)N(C(=O)Cn1nnc2ccccc21)C1CC1. The quantitative estimate of drug-likeness (QED) is 0.660. The van der Waals surface area contributed by atoms with Crippen molar-refractivity contribution in [2.75, 3.05) is 0 Å². The lowest BCUT2D eigenvalue weighted by Gasteiger charge is -2.34. The van der Waals surface area contributed by atoms with Gasteiger partial charge in [-0.05, 0) is 51.8 Å². The number of benzene rings is 2. The summed E-state index contributed by atoms with van der Waals surface area (Å²) in [6.07, 6.45) is 1.55. The number of carbonyl (C=O) groups excluding carboxylic acids is 2. The number of rotatable bonds is 6. The van der Waals surface area contributed by atoms with Crippen LogP contribution in [-0.4, -0.2) is 43.3 Å². The van der Waals surface area contributed by atoms with Crippen LogP contribution in [-0.2, 0) is 16.1 Å². The summed E-state index contributed by atoms with van der Waals surface area (Å²) in [7, 11) is 0. The zero-order chi connectivity index (χ0) is 22.2. The summed E-state index contributed by atoms with van der Waals surface area (Å²) in [5, 5.41) is 11.1. The van der Waals surface area contributed by atoms with Crippen LogP contribution in [0.2, 0.25) is 0 Å². The summed E-state index contributed by atoms with van der Waals surface area (Å²) in [6, 6.07) is 12.3. The van der Waals surface area contributed by atoms with E-state index in [2.05, 4.69) is 15.6 Å². The fourth-order valence-corrected chi connectivity index (χ4v) is 3.71. The second-order valence-electron chi connectivity index (χ2n) is 8.93. The van der Waals surface area contributed by atoms with E-state index in [9.17, 15) is 14.0 Å². The minimum absolute atomic E-state index is 0.0786. The van der Waals surface area contributed by atoms with Crippen molar-refractivity contribution in [2.24, 2.45) is 0 Å². The van der Waals surface area contributed by atoms with Crippen molar-refractivity contribution in [2.45, 2.75) is 57.8 Å². The number of hydrogen-bond donors (Lipinski definition) is 1. The highest BCUT2D eigenvalue weighted by atomic mass is 19.1. The Kier molecular flexibility index (Phi) is 5.47. The van der Waals surface area contributed by atoms with E-state index in [1.807, 2.05) is 45.0 Å². The summed E-state index contributed by atoms with van der Waals surface area (Å²) < 4.78 is 16.3. The third kappa shape index (κ3) is 4.57. The number of nitrogens with zero attached hydrogens (tertiary/aromatic N) is 4. The van der Waals surface area contributed by atoms with Crippen molar-refractivity contribution >= 4 is 22.8 Å². The Morgan fingerprint density at radius 1 is 1.16 bits per heavy atom. The largest absolute Gasteiger partial charge is 0.349 e. The van der Waals surface area contributed by atoms with E-state index in [0.29, 0.717) is 5.52 Å². The van der Waals surface area contributed by atoms with E-state index in [0.717, 1.165) is 18.4 Å². The van der Waals surface area contributed by atoms with Gasteiger partial charge in [0.1, 0.15) is 23.9 Å². The van der Waals surface area contributed by atoms with Crippen LogP contribution in [0.5, 0.6) is 0 Å². The van der Waals surface area contributed by atoms with Crippen molar-refractivity contribution < 1.29 is 14.0 Å². The van der Waals surface area contributed by atoms with Crippen LogP contribution >= 0.6 is 0 Å². The van der Waals surface area contributed by atoms with E-state index in [-0.39, 0.29) is 24.1 Å². The summed E-state index contributed by atoms with van der Waals surface area (Å²) >= 11 is 0. The predicted octanol–water partition coefficient (Wildman–Crippen LogP) is 3.22. The average Bonchev–Trinajstić information content (AvgIpc) is 3.46. The number of aromatic nitrogens is 3. The first kappa shape index (κ1) is 21.0. The van der Waals surface area contributed by atoms with Crippen molar-refractivity contribution in [1.82, 2.24) is 25.2 Å². The molecule has 3 aromatic rings. The second-order valence-corrected chi connectivity index (χ2v) is 8.93. The fourth-order valence-electron chi connectivity index (χ4n) is 3.71. The molecule has 1 saturated carbocycles. The molecule has 8 heteroatoms. The molecule has 162 valence electrons. The van der Waals surface area contributed by atoms with Gasteiger partial charge in [0.15, 0.2) is 0 Å². The van der Waals surface area contributed by atoms with Crippen LogP contribution in [0.4, 0.5) is 4.39 Å². The lowest BCUT2D eigenvalue weighted by molar-refractivity contribution is -0.143. The van der Waals surface area contributed by atoms with Crippen LogP contribution in [0, 0.1) is 5.82 Å². The van der Waals surface area contributed by atoms with Crippen LogP contribution in [0.15, 0.2) is 48.5 Å². The van der Waals surface area contributed by atoms with Crippen molar-refractivity contribution in [3.8, 4) is 0 Å². The van der Waals surface area contributed by atoms with Gasteiger partial charge < -0.3 is 10.2 Å². The number of hydrogen-bond acceptors (Lipinski definition) is 4. The second kappa shape index (κ2) is 8.09. The van der Waals surface area contributed by atoms with Crippen LogP contribution < -0.4 is 5.32 Å². The topological polar surface area (TPSA) is 80.1 Å². The Balaban J connectivity index is 1.70. The lowest BCUT2D eigenvalue weighted by atomic mass is 10.0. The summed E-state index contributed by atoms with van der Waals surface area (Å²) in [5.74, 6) is -1.21. The van der Waals surface area contributed by atoms with Gasteiger partial charge in [0.25, 0.3) is 0 Å². The molecule has 0 unspecified atom stereocenters. The summed E-state index contributed by atoms with van der Waals surface area (Å²) in [5.41, 5.74) is 1.08. The monoisotopic (exact) mass is 423 g/mol. The molecule has 2 amide bonds. The van der Waals surface area contributed by atoms with E-state index in [1.165, 1.54) is 15.6 Å².